The average Bonchev–Trinajstić information content (AvgIpc) is 3.64. The normalized spacial score (nSPS) is 30.8. The number of fused-ring (bicyclic) bond motifs is 4. The molecule has 6 atom stereocenters. The van der Waals surface area contributed by atoms with Crippen LogP contribution in [0.5, 0.6) is 5.75 Å². The van der Waals surface area contributed by atoms with Gasteiger partial charge in [0.2, 0.25) is 11.8 Å². The highest BCUT2D eigenvalue weighted by molar-refractivity contribution is 6.58. The van der Waals surface area contributed by atoms with Crippen LogP contribution in [0.1, 0.15) is 35.8 Å². The summed E-state index contributed by atoms with van der Waals surface area (Å²) in [6, 6.07) is 14.4. The molecule has 7 rings (SSSR count). The highest BCUT2D eigenvalue weighted by Crippen LogP contribution is 2.65. The number of alkyl halides is 2. The van der Waals surface area contributed by atoms with Crippen LogP contribution < -0.4 is 4.90 Å². The molecule has 2 N–H and O–H groups in total. The van der Waals surface area contributed by atoms with Crippen molar-refractivity contribution in [2.45, 2.75) is 41.5 Å². The largest absolute Gasteiger partial charge is 0.508 e. The number of hydrogen-bond donors (Lipinski definition) is 2. The Labute approximate surface area is 266 Å². The number of nitrogens with zero attached hydrogens (tertiary/aromatic N) is 2. The molecular weight excluding hydrogens is 626 g/mol. The lowest BCUT2D eigenvalue weighted by atomic mass is 9.57. The number of aliphatic hydroxyl groups excluding tert-OH is 1. The molecular formula is C33H27Cl2FN2O7. The van der Waals surface area contributed by atoms with Crippen molar-refractivity contribution in [1.29, 1.82) is 0 Å². The van der Waals surface area contributed by atoms with Crippen LogP contribution in [-0.2, 0) is 32.2 Å². The van der Waals surface area contributed by atoms with E-state index in [0.29, 0.717) is 12.0 Å². The number of hydrogen-bond acceptors (Lipinski definition) is 7. The van der Waals surface area contributed by atoms with Crippen molar-refractivity contribution in [2.24, 2.45) is 17.8 Å². The summed E-state index contributed by atoms with van der Waals surface area (Å²) in [6.07, 6.45) is 2.17. The van der Waals surface area contributed by atoms with Gasteiger partial charge in [0.15, 0.2) is 9.75 Å². The number of carbonyl (C=O) groups is 4. The van der Waals surface area contributed by atoms with Gasteiger partial charge in [-0.2, -0.15) is 0 Å². The molecule has 9 nitrogen and oxygen atoms in total. The van der Waals surface area contributed by atoms with E-state index in [0.717, 1.165) is 22.6 Å². The van der Waals surface area contributed by atoms with Gasteiger partial charge < -0.3 is 14.6 Å². The molecule has 0 bridgehead atoms. The number of phenols is 1. The second kappa shape index (κ2) is 10.5. The van der Waals surface area contributed by atoms with Gasteiger partial charge in [0.05, 0.1) is 23.4 Å². The maximum atomic E-state index is 14.3. The van der Waals surface area contributed by atoms with Crippen LogP contribution in [-0.4, -0.2) is 55.0 Å². The monoisotopic (exact) mass is 652 g/mol. The summed E-state index contributed by atoms with van der Waals surface area (Å²) in [6.45, 7) is -0.307. The number of furan rings is 1. The zero-order chi connectivity index (χ0) is 31.8. The summed E-state index contributed by atoms with van der Waals surface area (Å²) in [5, 5.41) is 19.3. The highest BCUT2D eigenvalue weighted by Gasteiger charge is 2.77. The van der Waals surface area contributed by atoms with E-state index in [1.807, 2.05) is 0 Å². The predicted molar refractivity (Wildman–Crippen MR) is 160 cm³/mol. The van der Waals surface area contributed by atoms with Crippen LogP contribution in [0, 0.1) is 23.6 Å². The summed E-state index contributed by atoms with van der Waals surface area (Å²) in [7, 11) is 0. The topological polar surface area (TPSA) is 128 Å². The Morgan fingerprint density at radius 2 is 1.62 bits per heavy atom. The third kappa shape index (κ3) is 4.22. The average molecular weight is 653 g/mol. The number of rotatable bonds is 6. The number of aliphatic hydroxyl groups is 1. The summed E-state index contributed by atoms with van der Waals surface area (Å²) < 4.78 is 19.7. The number of aromatic hydroxyl groups is 1. The third-order valence-corrected chi connectivity index (χ3v) is 11.1. The summed E-state index contributed by atoms with van der Waals surface area (Å²) in [5.74, 6) is -5.87. The van der Waals surface area contributed by atoms with Gasteiger partial charge in [-0.1, -0.05) is 23.8 Å². The molecule has 3 heterocycles. The van der Waals surface area contributed by atoms with Gasteiger partial charge in [0, 0.05) is 6.54 Å². The van der Waals surface area contributed by atoms with E-state index < -0.39 is 63.6 Å². The number of imide groups is 2. The molecule has 2 saturated heterocycles. The van der Waals surface area contributed by atoms with E-state index in [4.69, 9.17) is 27.6 Å². The number of carbonyl (C=O) groups excluding carboxylic acids is 4. The van der Waals surface area contributed by atoms with Gasteiger partial charge in [-0.15, -0.1) is 23.2 Å². The fourth-order valence-electron chi connectivity index (χ4n) is 7.53. The van der Waals surface area contributed by atoms with Crippen LogP contribution >= 0.6 is 23.2 Å². The SMILES string of the molecule is O=C1[C@H]2[C@H](CC=C3[C@H]2C[C@@]2(Cl)C(=O)N(c4ccc(F)cc4)C(=O)[C@@]2(Cl)[C@H]3c2ccc(CO)o2)C(=O)N1CCc1ccc(O)cc1. The van der Waals surface area contributed by atoms with Crippen molar-refractivity contribution in [3.8, 4) is 5.75 Å². The van der Waals surface area contributed by atoms with Gasteiger partial charge in [-0.05, 0) is 79.3 Å². The summed E-state index contributed by atoms with van der Waals surface area (Å²) in [4.78, 5) is 54.0. The van der Waals surface area contributed by atoms with Crippen molar-refractivity contribution < 1.29 is 38.2 Å². The fraction of sp³-hybridized carbons (Fsp3) is 0.333. The second-order valence-corrected chi connectivity index (χ2v) is 13.2. The van der Waals surface area contributed by atoms with E-state index in [1.165, 1.54) is 35.2 Å². The minimum absolute atomic E-state index is 0.0810. The lowest BCUT2D eigenvalue weighted by Gasteiger charge is -2.49. The number of halogens is 3. The van der Waals surface area contributed by atoms with Crippen molar-refractivity contribution in [2.75, 3.05) is 11.4 Å². The predicted octanol–water partition coefficient (Wildman–Crippen LogP) is 4.42. The van der Waals surface area contributed by atoms with Crippen LogP contribution in [0.4, 0.5) is 10.1 Å². The van der Waals surface area contributed by atoms with Crippen LogP contribution in [0.3, 0.4) is 0 Å². The molecule has 0 radical (unpaired) electrons. The zero-order valence-corrected chi connectivity index (χ0v) is 25.2. The Bertz CT molecular complexity index is 1770. The van der Waals surface area contributed by atoms with Gasteiger partial charge in [-0.25, -0.2) is 9.29 Å². The number of allylic oxidation sites excluding steroid dienone is 2. The Morgan fingerprint density at radius 3 is 2.29 bits per heavy atom. The van der Waals surface area contributed by atoms with Gasteiger partial charge in [0.1, 0.15) is 29.7 Å². The molecule has 45 heavy (non-hydrogen) atoms. The minimum Gasteiger partial charge on any atom is -0.508 e. The summed E-state index contributed by atoms with van der Waals surface area (Å²) >= 11 is 14.6. The lowest BCUT2D eigenvalue weighted by Crippen LogP contribution is -2.60. The molecule has 2 aromatic carbocycles. The van der Waals surface area contributed by atoms with Gasteiger partial charge >= 0.3 is 0 Å². The minimum atomic E-state index is -2.11. The molecule has 4 aliphatic rings. The number of benzene rings is 2. The van der Waals surface area contributed by atoms with Crippen LogP contribution in [0.15, 0.2) is 76.7 Å². The van der Waals surface area contributed by atoms with E-state index in [-0.39, 0.29) is 48.3 Å². The molecule has 1 aromatic heterocycles. The Balaban J connectivity index is 1.30. The van der Waals surface area contributed by atoms with Gasteiger partial charge in [-0.3, -0.25) is 24.1 Å². The molecule has 2 aliphatic heterocycles. The quantitative estimate of drug-likeness (QED) is 0.229. The molecule has 1 saturated carbocycles. The first-order valence-electron chi connectivity index (χ1n) is 14.5. The Hall–Kier alpha value is -3.99. The van der Waals surface area contributed by atoms with Crippen molar-refractivity contribution >= 4 is 52.5 Å². The first kappa shape index (κ1) is 29.7. The molecule has 232 valence electrons. The number of phenolic OH excluding ortho intramolecular Hbond substituents is 1. The number of amides is 4. The molecule has 4 amide bonds. The third-order valence-electron chi connectivity index (χ3n) is 9.67. The first-order valence-corrected chi connectivity index (χ1v) is 15.3. The van der Waals surface area contributed by atoms with Crippen molar-refractivity contribution in [1.82, 2.24) is 4.90 Å². The van der Waals surface area contributed by atoms with Crippen LogP contribution in [0.2, 0.25) is 0 Å². The van der Waals surface area contributed by atoms with Crippen molar-refractivity contribution in [3.05, 3.63) is 95.2 Å². The second-order valence-electron chi connectivity index (χ2n) is 12.0. The van der Waals surface area contributed by atoms with Crippen LogP contribution in [0.25, 0.3) is 0 Å². The van der Waals surface area contributed by atoms with E-state index >= 15 is 0 Å². The lowest BCUT2D eigenvalue weighted by molar-refractivity contribution is -0.140. The smallest absolute Gasteiger partial charge is 0.258 e. The molecule has 2 aliphatic carbocycles. The Morgan fingerprint density at radius 1 is 0.911 bits per heavy atom. The van der Waals surface area contributed by atoms with E-state index in [9.17, 15) is 33.8 Å². The van der Waals surface area contributed by atoms with Gasteiger partial charge in [0.25, 0.3) is 11.8 Å². The number of anilines is 1. The Kier molecular flexibility index (Phi) is 6.96. The maximum Gasteiger partial charge on any atom is 0.258 e. The molecule has 0 unspecified atom stereocenters. The standard InChI is InChI=1S/C33H27Cl2FN2O7/c34-32-15-24-22(10-11-23-26(24)29(42)37(28(23)41)14-13-17-1-7-20(40)8-2-17)27(25-12-9-21(16-39)45-25)33(32,35)31(44)38(30(32)43)19-5-3-18(36)4-6-19/h1-10,12,23-24,26-27,39-40H,11,13-16H2/t23-,24+,26-,27+,32+,33-/m0/s1. The maximum absolute atomic E-state index is 14.3. The number of likely N-dealkylation sites (tertiary alicyclic amines) is 1. The summed E-state index contributed by atoms with van der Waals surface area (Å²) in [5.41, 5.74) is 1.47. The molecule has 12 heteroatoms. The van der Waals surface area contributed by atoms with E-state index in [1.54, 1.807) is 24.3 Å². The molecule has 3 fully saturated rings. The van der Waals surface area contributed by atoms with Crippen molar-refractivity contribution in [3.63, 3.8) is 0 Å². The van der Waals surface area contributed by atoms with E-state index in [2.05, 4.69) is 0 Å². The molecule has 3 aromatic rings. The first-order chi connectivity index (χ1) is 21.5. The highest BCUT2D eigenvalue weighted by atomic mass is 35.5. The fourth-order valence-corrected chi connectivity index (χ4v) is 8.45. The molecule has 0 spiro atoms. The zero-order valence-electron chi connectivity index (χ0n) is 23.7.